The first-order valence-electron chi connectivity index (χ1n) is 10.6. The number of ether oxygens (including phenoxy) is 1. The Balaban J connectivity index is 1.41. The fraction of sp³-hybridized carbons (Fsp3) is 0.348. The van der Waals surface area contributed by atoms with Crippen LogP contribution in [-0.2, 0) is 7.05 Å². The van der Waals surface area contributed by atoms with E-state index in [9.17, 15) is 0 Å². The van der Waals surface area contributed by atoms with Gasteiger partial charge in [0.2, 0.25) is 0 Å². The van der Waals surface area contributed by atoms with Crippen LogP contribution in [0.3, 0.4) is 0 Å². The van der Waals surface area contributed by atoms with Crippen molar-refractivity contribution in [1.82, 2.24) is 24.5 Å². The van der Waals surface area contributed by atoms with Gasteiger partial charge in [-0.15, -0.1) is 0 Å². The molecular weight excluding hydrogens is 412 g/mol. The van der Waals surface area contributed by atoms with Crippen molar-refractivity contribution in [3.05, 3.63) is 53.9 Å². The number of rotatable bonds is 5. The third kappa shape index (κ3) is 3.97. The van der Waals surface area contributed by atoms with Crippen LogP contribution in [-0.4, -0.2) is 37.7 Å². The monoisotopic (exact) mass is 436 g/mol. The number of pyridine rings is 1. The van der Waals surface area contributed by atoms with E-state index in [-0.39, 0.29) is 6.10 Å². The van der Waals surface area contributed by atoms with Gasteiger partial charge < -0.3 is 10.1 Å². The molecule has 1 aliphatic carbocycles. The summed E-state index contributed by atoms with van der Waals surface area (Å²) < 4.78 is 10.2. The predicted octanol–water partition coefficient (Wildman–Crippen LogP) is 5.09. The molecule has 0 atom stereocenters. The van der Waals surface area contributed by atoms with E-state index in [1.54, 1.807) is 4.68 Å². The molecular formula is C23H25ClN6O. The van der Waals surface area contributed by atoms with Crippen LogP contribution >= 0.6 is 11.6 Å². The molecule has 7 nitrogen and oxygen atoms in total. The van der Waals surface area contributed by atoms with Crippen molar-refractivity contribution in [2.75, 3.05) is 12.4 Å². The zero-order valence-corrected chi connectivity index (χ0v) is 18.4. The molecule has 160 valence electrons. The van der Waals surface area contributed by atoms with Crippen LogP contribution in [0.5, 0.6) is 5.75 Å². The van der Waals surface area contributed by atoms with E-state index < -0.39 is 0 Å². The van der Waals surface area contributed by atoms with E-state index in [0.717, 1.165) is 59.4 Å². The maximum absolute atomic E-state index is 6.18. The molecule has 0 amide bonds. The number of aryl methyl sites for hydroxylation is 1. The molecule has 0 bridgehead atoms. The van der Waals surface area contributed by atoms with E-state index in [1.165, 1.54) is 0 Å². The topological polar surface area (TPSA) is 69.8 Å². The Labute approximate surface area is 186 Å². The number of halogens is 1. The lowest BCUT2D eigenvalue weighted by Crippen LogP contribution is -2.26. The van der Waals surface area contributed by atoms with E-state index in [2.05, 4.69) is 26.1 Å². The lowest BCUT2D eigenvalue weighted by atomic mass is 9.93. The van der Waals surface area contributed by atoms with Crippen molar-refractivity contribution in [2.45, 2.75) is 37.8 Å². The molecule has 0 spiro atoms. The molecule has 3 aromatic heterocycles. The lowest BCUT2D eigenvalue weighted by Gasteiger charge is -2.29. The minimum Gasteiger partial charge on any atom is -0.490 e. The molecule has 5 rings (SSSR count). The molecule has 3 heterocycles. The number of nitrogens with one attached hydrogen (secondary N) is 1. The predicted molar refractivity (Wildman–Crippen MR) is 123 cm³/mol. The molecule has 1 saturated carbocycles. The van der Waals surface area contributed by atoms with Crippen LogP contribution in [0.25, 0.3) is 22.2 Å². The Bertz CT molecular complexity index is 1210. The molecule has 0 saturated heterocycles. The summed E-state index contributed by atoms with van der Waals surface area (Å²) in [5.41, 5.74) is 3.02. The molecule has 0 aliphatic heterocycles. The highest BCUT2D eigenvalue weighted by Gasteiger charge is 2.27. The molecule has 31 heavy (non-hydrogen) atoms. The van der Waals surface area contributed by atoms with Crippen molar-refractivity contribution in [3.8, 4) is 17.0 Å². The second-order valence-electron chi connectivity index (χ2n) is 8.04. The third-order valence-electron chi connectivity index (χ3n) is 5.91. The average molecular weight is 437 g/mol. The van der Waals surface area contributed by atoms with Crippen LogP contribution in [0, 0.1) is 0 Å². The zero-order chi connectivity index (χ0) is 21.4. The number of fused-ring (bicyclic) bond motifs is 1. The van der Waals surface area contributed by atoms with Gasteiger partial charge in [0.1, 0.15) is 17.3 Å². The first kappa shape index (κ1) is 19.9. The second kappa shape index (κ2) is 8.23. The highest BCUT2D eigenvalue weighted by atomic mass is 35.5. The molecule has 1 fully saturated rings. The van der Waals surface area contributed by atoms with Crippen LogP contribution < -0.4 is 10.1 Å². The van der Waals surface area contributed by atoms with Crippen molar-refractivity contribution < 1.29 is 4.74 Å². The quantitative estimate of drug-likeness (QED) is 0.472. The average Bonchev–Trinajstić information content (AvgIpc) is 3.37. The van der Waals surface area contributed by atoms with Gasteiger partial charge in [-0.3, -0.25) is 9.36 Å². The Morgan fingerprint density at radius 2 is 1.97 bits per heavy atom. The number of nitrogens with zero attached hydrogens (tertiary/aromatic N) is 5. The van der Waals surface area contributed by atoms with Gasteiger partial charge in [-0.2, -0.15) is 10.2 Å². The SMILES string of the molecule is CNc1cc2c(cn1)c(-c1cnn(C)c1)nn2C1CCC(Oc2cccc(Cl)c2)CC1. The van der Waals surface area contributed by atoms with Gasteiger partial charge in [-0.05, 0) is 43.9 Å². The summed E-state index contributed by atoms with van der Waals surface area (Å²) in [7, 11) is 3.80. The maximum atomic E-state index is 6.18. The first-order chi connectivity index (χ1) is 15.1. The Morgan fingerprint density at radius 1 is 1.13 bits per heavy atom. The molecule has 8 heteroatoms. The van der Waals surface area contributed by atoms with Crippen molar-refractivity contribution in [3.63, 3.8) is 0 Å². The molecule has 1 N–H and O–H groups in total. The number of aromatic nitrogens is 5. The van der Waals surface area contributed by atoms with Crippen LogP contribution in [0.2, 0.25) is 5.02 Å². The number of hydrogen-bond donors (Lipinski definition) is 1. The van der Waals surface area contributed by atoms with Gasteiger partial charge in [0.25, 0.3) is 0 Å². The summed E-state index contributed by atoms with van der Waals surface area (Å²) >= 11 is 6.09. The summed E-state index contributed by atoms with van der Waals surface area (Å²) in [4.78, 5) is 4.52. The van der Waals surface area contributed by atoms with Crippen molar-refractivity contribution in [2.24, 2.45) is 7.05 Å². The van der Waals surface area contributed by atoms with Crippen LogP contribution in [0.4, 0.5) is 5.82 Å². The summed E-state index contributed by atoms with van der Waals surface area (Å²) in [6.45, 7) is 0. The first-order valence-corrected chi connectivity index (χ1v) is 11.0. The van der Waals surface area contributed by atoms with E-state index in [0.29, 0.717) is 11.1 Å². The lowest BCUT2D eigenvalue weighted by molar-refractivity contribution is 0.131. The van der Waals surface area contributed by atoms with Crippen molar-refractivity contribution in [1.29, 1.82) is 0 Å². The minimum atomic E-state index is 0.198. The van der Waals surface area contributed by atoms with Gasteiger partial charge in [-0.1, -0.05) is 17.7 Å². The Hall–Kier alpha value is -3.06. The Kier molecular flexibility index (Phi) is 5.28. The number of hydrogen-bond acceptors (Lipinski definition) is 5. The molecule has 4 aromatic rings. The summed E-state index contributed by atoms with van der Waals surface area (Å²) in [5.74, 6) is 1.67. The Morgan fingerprint density at radius 3 is 2.68 bits per heavy atom. The van der Waals surface area contributed by atoms with E-state index in [4.69, 9.17) is 21.4 Å². The fourth-order valence-corrected chi connectivity index (χ4v) is 4.52. The maximum Gasteiger partial charge on any atom is 0.127 e. The zero-order valence-electron chi connectivity index (χ0n) is 17.6. The summed E-state index contributed by atoms with van der Waals surface area (Å²) in [5, 5.41) is 14.2. The number of benzene rings is 1. The van der Waals surface area contributed by atoms with Gasteiger partial charge in [0.05, 0.1) is 23.9 Å². The van der Waals surface area contributed by atoms with Gasteiger partial charge in [0.15, 0.2) is 0 Å². The highest BCUT2D eigenvalue weighted by molar-refractivity contribution is 6.30. The standard InChI is InChI=1S/C23H25ClN6O/c1-25-22-11-21-20(13-26-22)23(15-12-27-29(2)14-15)28-30(21)17-6-8-18(9-7-17)31-19-5-3-4-16(24)10-19/h3-5,10-14,17-18H,6-9H2,1-2H3,(H,25,26). The van der Waals surface area contributed by atoms with Gasteiger partial charge in [0, 0.05) is 48.5 Å². The fourth-order valence-electron chi connectivity index (χ4n) is 4.34. The van der Waals surface area contributed by atoms with Gasteiger partial charge in [-0.25, -0.2) is 4.98 Å². The third-order valence-corrected chi connectivity index (χ3v) is 6.15. The molecule has 1 aliphatic rings. The summed E-state index contributed by atoms with van der Waals surface area (Å²) in [6, 6.07) is 10.0. The van der Waals surface area contributed by atoms with Crippen LogP contribution in [0.1, 0.15) is 31.7 Å². The van der Waals surface area contributed by atoms with Crippen LogP contribution in [0.15, 0.2) is 48.9 Å². The summed E-state index contributed by atoms with van der Waals surface area (Å²) in [6.07, 6.45) is 9.92. The van der Waals surface area contributed by atoms with E-state index >= 15 is 0 Å². The van der Waals surface area contributed by atoms with Gasteiger partial charge >= 0.3 is 0 Å². The van der Waals surface area contributed by atoms with E-state index in [1.807, 2.05) is 57.0 Å². The largest absolute Gasteiger partial charge is 0.490 e. The van der Waals surface area contributed by atoms with Crippen molar-refractivity contribution >= 4 is 28.3 Å². The molecule has 0 unspecified atom stereocenters. The normalized spacial score (nSPS) is 18.9. The minimum absolute atomic E-state index is 0.198. The smallest absolute Gasteiger partial charge is 0.127 e. The number of anilines is 1. The molecule has 1 aromatic carbocycles. The second-order valence-corrected chi connectivity index (χ2v) is 8.47. The molecule has 0 radical (unpaired) electrons. The highest BCUT2D eigenvalue weighted by Crippen LogP contribution is 2.36.